The fourth-order valence-corrected chi connectivity index (χ4v) is 5.00. The minimum Gasteiger partial charge on any atom is -0.466 e. The first-order chi connectivity index (χ1) is 10.8. The van der Waals surface area contributed by atoms with E-state index in [1.54, 1.807) is 19.1 Å². The van der Waals surface area contributed by atoms with Gasteiger partial charge in [-0.05, 0) is 37.5 Å². The second-order valence-electron chi connectivity index (χ2n) is 5.36. The lowest BCUT2D eigenvalue weighted by atomic mass is 9.95. The van der Waals surface area contributed by atoms with Crippen LogP contribution in [0, 0.1) is 11.7 Å². The number of sulfone groups is 1. The summed E-state index contributed by atoms with van der Waals surface area (Å²) in [5, 5.41) is -0.791. The third-order valence-electron chi connectivity index (χ3n) is 3.75. The van der Waals surface area contributed by atoms with E-state index in [9.17, 15) is 17.6 Å². The van der Waals surface area contributed by atoms with Gasteiger partial charge in [0.15, 0.2) is 9.84 Å². The molecule has 2 atom stereocenters. The highest BCUT2D eigenvalue weighted by molar-refractivity contribution is 7.91. The summed E-state index contributed by atoms with van der Waals surface area (Å²) >= 11 is 5.91. The Morgan fingerprint density at radius 3 is 2.83 bits per heavy atom. The van der Waals surface area contributed by atoms with Gasteiger partial charge in [0.1, 0.15) is 5.82 Å². The molecule has 0 saturated carbocycles. The average Bonchev–Trinajstić information content (AvgIpc) is 2.50. The maximum Gasteiger partial charge on any atom is 0.314 e. The van der Waals surface area contributed by atoms with E-state index in [4.69, 9.17) is 16.3 Å². The molecule has 7 heteroatoms. The highest BCUT2D eigenvalue weighted by Crippen LogP contribution is 2.30. The summed E-state index contributed by atoms with van der Waals surface area (Å²) < 4.78 is 43.5. The van der Waals surface area contributed by atoms with E-state index in [2.05, 4.69) is 0 Å². The fraction of sp³-hybridized carbons (Fsp3) is 0.438. The summed E-state index contributed by atoms with van der Waals surface area (Å²) in [6, 6.07) is 3.60. The van der Waals surface area contributed by atoms with E-state index in [-0.39, 0.29) is 17.4 Å². The molecule has 0 radical (unpaired) electrons. The van der Waals surface area contributed by atoms with Crippen LogP contribution in [0.15, 0.2) is 30.4 Å². The van der Waals surface area contributed by atoms with Gasteiger partial charge in [-0.25, -0.2) is 12.8 Å². The van der Waals surface area contributed by atoms with Gasteiger partial charge in [0.05, 0.1) is 23.5 Å². The van der Waals surface area contributed by atoms with Gasteiger partial charge in [-0.3, -0.25) is 4.79 Å². The standard InChI is InChI=1S/C16H18ClFO4S/c1-2-22-16(19)13-5-3-4-6-15(13)23(20,21)10-11-7-8-12(18)9-14(11)17/h3,5,7-9,13,15H,2,4,6,10H2,1H3. The monoisotopic (exact) mass is 360 g/mol. The number of rotatable bonds is 5. The first kappa shape index (κ1) is 17.9. The number of carbonyl (C=O) groups is 1. The number of allylic oxidation sites excluding steroid dienone is 1. The van der Waals surface area contributed by atoms with Crippen LogP contribution in [0.5, 0.6) is 0 Å². The third-order valence-corrected chi connectivity index (χ3v) is 6.27. The molecule has 0 heterocycles. The van der Waals surface area contributed by atoms with Crippen molar-refractivity contribution in [3.8, 4) is 0 Å². The molecule has 0 amide bonds. The second kappa shape index (κ2) is 7.45. The highest BCUT2D eigenvalue weighted by atomic mass is 35.5. The second-order valence-corrected chi connectivity index (χ2v) is 7.99. The molecule has 0 saturated heterocycles. The van der Waals surface area contributed by atoms with Gasteiger partial charge in [-0.2, -0.15) is 0 Å². The first-order valence-electron chi connectivity index (χ1n) is 7.34. The number of halogens is 2. The molecule has 0 aromatic heterocycles. The van der Waals surface area contributed by atoms with Crippen molar-refractivity contribution in [1.29, 1.82) is 0 Å². The van der Waals surface area contributed by atoms with E-state index >= 15 is 0 Å². The van der Waals surface area contributed by atoms with E-state index in [0.717, 1.165) is 6.07 Å². The average molecular weight is 361 g/mol. The van der Waals surface area contributed by atoms with Crippen LogP contribution in [0.2, 0.25) is 5.02 Å². The van der Waals surface area contributed by atoms with E-state index in [0.29, 0.717) is 18.4 Å². The van der Waals surface area contributed by atoms with Gasteiger partial charge in [0, 0.05) is 5.02 Å². The van der Waals surface area contributed by atoms with Crippen LogP contribution in [0.4, 0.5) is 4.39 Å². The molecule has 1 aliphatic rings. The van der Waals surface area contributed by atoms with Gasteiger partial charge in [-0.15, -0.1) is 0 Å². The maximum atomic E-state index is 13.1. The highest BCUT2D eigenvalue weighted by Gasteiger charge is 2.38. The molecule has 1 aliphatic carbocycles. The zero-order chi connectivity index (χ0) is 17.0. The van der Waals surface area contributed by atoms with Gasteiger partial charge in [0.25, 0.3) is 0 Å². The van der Waals surface area contributed by atoms with Crippen molar-refractivity contribution >= 4 is 27.4 Å². The molecule has 0 fully saturated rings. The summed E-state index contributed by atoms with van der Waals surface area (Å²) in [6.07, 6.45) is 4.31. The molecule has 1 aromatic rings. The number of carbonyl (C=O) groups excluding carboxylic acids is 1. The van der Waals surface area contributed by atoms with Crippen LogP contribution in [-0.2, 0) is 25.1 Å². The SMILES string of the molecule is CCOC(=O)C1C=CCCC1S(=O)(=O)Cc1ccc(F)cc1Cl. The topological polar surface area (TPSA) is 60.4 Å². The smallest absolute Gasteiger partial charge is 0.314 e. The van der Waals surface area contributed by atoms with Crippen LogP contribution in [0.1, 0.15) is 25.3 Å². The Kier molecular flexibility index (Phi) is 5.81. The van der Waals surface area contributed by atoms with Crippen LogP contribution in [0.25, 0.3) is 0 Å². The molecule has 1 aromatic carbocycles. The molecule has 2 unspecified atom stereocenters. The predicted octanol–water partition coefficient (Wildman–Crippen LogP) is 3.29. The molecular weight excluding hydrogens is 343 g/mol. The molecule has 0 aliphatic heterocycles. The molecular formula is C16H18ClFO4S. The summed E-state index contributed by atoms with van der Waals surface area (Å²) in [7, 11) is -3.64. The number of benzene rings is 1. The quantitative estimate of drug-likeness (QED) is 0.597. The van der Waals surface area contributed by atoms with Crippen molar-refractivity contribution in [3.63, 3.8) is 0 Å². The summed E-state index contributed by atoms with van der Waals surface area (Å²) in [4.78, 5) is 12.0. The number of hydrogen-bond acceptors (Lipinski definition) is 4. The van der Waals surface area contributed by atoms with Crippen molar-refractivity contribution in [2.24, 2.45) is 5.92 Å². The molecule has 0 bridgehead atoms. The van der Waals surface area contributed by atoms with Crippen molar-refractivity contribution in [3.05, 3.63) is 46.8 Å². The Morgan fingerprint density at radius 2 is 2.17 bits per heavy atom. The molecule has 2 rings (SSSR count). The largest absolute Gasteiger partial charge is 0.466 e. The minimum atomic E-state index is -3.64. The molecule has 4 nitrogen and oxygen atoms in total. The van der Waals surface area contributed by atoms with Crippen molar-refractivity contribution in [2.45, 2.75) is 30.8 Å². The molecule has 0 spiro atoms. The lowest BCUT2D eigenvalue weighted by Crippen LogP contribution is -2.37. The van der Waals surface area contributed by atoms with E-state index in [1.165, 1.54) is 12.1 Å². The van der Waals surface area contributed by atoms with Crippen LogP contribution in [0.3, 0.4) is 0 Å². The fourth-order valence-electron chi connectivity index (χ4n) is 2.64. The Labute approximate surface area is 140 Å². The Bertz CT molecular complexity index is 715. The predicted molar refractivity (Wildman–Crippen MR) is 86.3 cm³/mol. The number of esters is 1. The minimum absolute atomic E-state index is 0.0626. The zero-order valence-corrected chi connectivity index (χ0v) is 14.2. The Balaban J connectivity index is 2.26. The van der Waals surface area contributed by atoms with E-state index in [1.807, 2.05) is 0 Å². The van der Waals surface area contributed by atoms with Crippen molar-refractivity contribution in [2.75, 3.05) is 6.61 Å². The lowest BCUT2D eigenvalue weighted by Gasteiger charge is -2.26. The van der Waals surface area contributed by atoms with Gasteiger partial charge in [-0.1, -0.05) is 29.8 Å². The van der Waals surface area contributed by atoms with Gasteiger partial charge >= 0.3 is 5.97 Å². The Morgan fingerprint density at radius 1 is 1.43 bits per heavy atom. The third kappa shape index (κ3) is 4.32. The number of hydrogen-bond donors (Lipinski definition) is 0. The van der Waals surface area contributed by atoms with Crippen molar-refractivity contribution in [1.82, 2.24) is 0 Å². The zero-order valence-electron chi connectivity index (χ0n) is 12.7. The van der Waals surface area contributed by atoms with E-state index < -0.39 is 32.8 Å². The Hall–Kier alpha value is -1.40. The van der Waals surface area contributed by atoms with Crippen molar-refractivity contribution < 1.29 is 22.3 Å². The summed E-state index contributed by atoms with van der Waals surface area (Å²) in [5.74, 6) is -2.21. The van der Waals surface area contributed by atoms with Crippen LogP contribution < -0.4 is 0 Å². The first-order valence-corrected chi connectivity index (χ1v) is 9.43. The summed E-state index contributed by atoms with van der Waals surface area (Å²) in [5.41, 5.74) is 0.324. The lowest BCUT2D eigenvalue weighted by molar-refractivity contribution is -0.146. The van der Waals surface area contributed by atoms with Crippen LogP contribution >= 0.6 is 11.6 Å². The van der Waals surface area contributed by atoms with Gasteiger partial charge in [0.2, 0.25) is 0 Å². The molecule has 126 valence electrons. The summed E-state index contributed by atoms with van der Waals surface area (Å²) in [6.45, 7) is 1.87. The molecule has 0 N–H and O–H groups in total. The maximum absolute atomic E-state index is 13.1. The number of ether oxygens (including phenoxy) is 1. The van der Waals surface area contributed by atoms with Crippen LogP contribution in [-0.4, -0.2) is 26.2 Å². The normalized spacial score (nSPS) is 21.2. The molecule has 23 heavy (non-hydrogen) atoms. The van der Waals surface area contributed by atoms with Gasteiger partial charge < -0.3 is 4.74 Å².